The monoisotopic (exact) mass is 358 g/mol. The number of unbranched alkanes of at least 4 members (excludes halogenated alkanes) is 2. The molecule has 2 unspecified atom stereocenters. The van der Waals surface area contributed by atoms with Gasteiger partial charge in [-0.25, -0.2) is 4.79 Å². The zero-order valence-corrected chi connectivity index (χ0v) is 14.4. The Balaban J connectivity index is 1.31. The molecule has 120 valence electrons. The molecule has 2 atom stereocenters. The fourth-order valence-electron chi connectivity index (χ4n) is 5.28. The van der Waals surface area contributed by atoms with Gasteiger partial charge in [-0.05, 0) is 81.0 Å². The number of halogens is 1. The van der Waals surface area contributed by atoms with Gasteiger partial charge in [0.15, 0.2) is 0 Å². The maximum absolute atomic E-state index is 11.6. The topological polar surface area (TPSA) is 35.5 Å². The molecule has 0 saturated heterocycles. The molecule has 4 aliphatic rings. The van der Waals surface area contributed by atoms with Crippen molar-refractivity contribution in [1.29, 1.82) is 0 Å². The molecule has 0 aromatic carbocycles. The van der Waals surface area contributed by atoms with Crippen molar-refractivity contribution in [2.24, 2.45) is 23.2 Å². The molecule has 0 N–H and O–H groups in total. The summed E-state index contributed by atoms with van der Waals surface area (Å²) in [5, 5.41) is 1.02. The van der Waals surface area contributed by atoms with E-state index >= 15 is 0 Å². The van der Waals surface area contributed by atoms with E-state index < -0.39 is 6.16 Å². The number of hydrogen-bond acceptors (Lipinski definition) is 3. The Morgan fingerprint density at radius 1 is 1.00 bits per heavy atom. The SMILES string of the molecule is O=C(OCCCCCBr)OCCC12CC3CC(CC1C3)C2. The smallest absolute Gasteiger partial charge is 0.434 e. The van der Waals surface area contributed by atoms with E-state index in [0.717, 1.165) is 48.8 Å². The molecule has 4 saturated carbocycles. The summed E-state index contributed by atoms with van der Waals surface area (Å²) in [6.45, 7) is 1.04. The summed E-state index contributed by atoms with van der Waals surface area (Å²) >= 11 is 3.39. The first kappa shape index (κ1) is 15.6. The lowest BCUT2D eigenvalue weighted by Gasteiger charge is -2.32. The largest absolute Gasteiger partial charge is 0.508 e. The Kier molecular flexibility index (Phi) is 5.13. The first-order chi connectivity index (χ1) is 10.2. The van der Waals surface area contributed by atoms with Gasteiger partial charge in [-0.15, -0.1) is 0 Å². The third kappa shape index (κ3) is 3.57. The van der Waals surface area contributed by atoms with E-state index in [4.69, 9.17) is 9.47 Å². The van der Waals surface area contributed by atoms with Gasteiger partial charge in [0.25, 0.3) is 0 Å². The van der Waals surface area contributed by atoms with Crippen LogP contribution in [0.3, 0.4) is 0 Å². The molecule has 0 amide bonds. The number of ether oxygens (including phenoxy) is 2. The summed E-state index contributed by atoms with van der Waals surface area (Å²) in [5.74, 6) is 2.87. The fraction of sp³-hybridized carbons (Fsp3) is 0.941. The minimum atomic E-state index is -0.469. The van der Waals surface area contributed by atoms with Crippen LogP contribution in [0.4, 0.5) is 4.79 Å². The first-order valence-corrected chi connectivity index (χ1v) is 9.69. The van der Waals surface area contributed by atoms with Gasteiger partial charge in [0, 0.05) is 5.33 Å². The molecule has 0 radical (unpaired) electrons. The normalized spacial score (nSPS) is 36.1. The highest BCUT2D eigenvalue weighted by Crippen LogP contribution is 2.66. The zero-order chi connectivity index (χ0) is 14.7. The summed E-state index contributed by atoms with van der Waals surface area (Å²) in [5.41, 5.74) is 0.518. The predicted molar refractivity (Wildman–Crippen MR) is 85.6 cm³/mol. The number of hydrogen-bond donors (Lipinski definition) is 0. The molecule has 0 aromatic rings. The molecule has 4 fully saturated rings. The molecular formula is C17H27BrO3. The van der Waals surface area contributed by atoms with E-state index in [1.807, 2.05) is 0 Å². The standard InChI is InChI=1S/C17H27BrO3/c18-5-2-1-3-6-20-16(19)21-7-4-17-11-13-8-14(12-17)10-15(17)9-13/h13-15H,1-12H2. The van der Waals surface area contributed by atoms with Crippen LogP contribution in [0.1, 0.15) is 57.8 Å². The molecule has 4 heteroatoms. The van der Waals surface area contributed by atoms with E-state index in [9.17, 15) is 4.79 Å². The van der Waals surface area contributed by atoms with Crippen molar-refractivity contribution in [3.05, 3.63) is 0 Å². The van der Waals surface area contributed by atoms with E-state index in [-0.39, 0.29) is 0 Å². The predicted octanol–water partition coefficient (Wildman–Crippen LogP) is 4.92. The highest BCUT2D eigenvalue weighted by Gasteiger charge is 2.57. The summed E-state index contributed by atoms with van der Waals surface area (Å²) in [4.78, 5) is 11.6. The maximum Gasteiger partial charge on any atom is 0.508 e. The molecule has 4 rings (SSSR count). The van der Waals surface area contributed by atoms with Crippen LogP contribution in [-0.4, -0.2) is 24.7 Å². The van der Waals surface area contributed by atoms with Crippen LogP contribution < -0.4 is 0 Å². The highest BCUT2D eigenvalue weighted by molar-refractivity contribution is 9.09. The third-order valence-corrected chi connectivity index (χ3v) is 6.54. The molecule has 21 heavy (non-hydrogen) atoms. The van der Waals surface area contributed by atoms with Crippen LogP contribution in [0.15, 0.2) is 0 Å². The van der Waals surface area contributed by atoms with Gasteiger partial charge < -0.3 is 9.47 Å². The second kappa shape index (κ2) is 6.89. The lowest BCUT2D eigenvalue weighted by atomic mass is 9.74. The van der Waals surface area contributed by atoms with E-state index in [1.54, 1.807) is 0 Å². The molecule has 0 spiro atoms. The van der Waals surface area contributed by atoms with E-state index in [1.165, 1.54) is 32.1 Å². The molecule has 0 aliphatic heterocycles. The first-order valence-electron chi connectivity index (χ1n) is 8.57. The molecule has 4 aliphatic carbocycles. The van der Waals surface area contributed by atoms with E-state index in [2.05, 4.69) is 15.9 Å². The van der Waals surface area contributed by atoms with Gasteiger partial charge in [-0.2, -0.15) is 0 Å². The van der Waals surface area contributed by atoms with Gasteiger partial charge in [0.05, 0.1) is 13.2 Å². The average Bonchev–Trinajstić information content (AvgIpc) is 2.83. The van der Waals surface area contributed by atoms with Crippen LogP contribution in [0.25, 0.3) is 0 Å². The van der Waals surface area contributed by atoms with Crippen molar-refractivity contribution in [1.82, 2.24) is 0 Å². The van der Waals surface area contributed by atoms with Crippen molar-refractivity contribution in [3.63, 3.8) is 0 Å². The van der Waals surface area contributed by atoms with Crippen molar-refractivity contribution in [2.45, 2.75) is 57.8 Å². The van der Waals surface area contributed by atoms with Crippen molar-refractivity contribution < 1.29 is 14.3 Å². The third-order valence-electron chi connectivity index (χ3n) is 5.98. The lowest BCUT2D eigenvalue weighted by molar-refractivity contribution is 0.0391. The van der Waals surface area contributed by atoms with Gasteiger partial charge in [0.2, 0.25) is 0 Å². The van der Waals surface area contributed by atoms with Gasteiger partial charge in [-0.1, -0.05) is 15.9 Å². The van der Waals surface area contributed by atoms with Gasteiger partial charge in [0.1, 0.15) is 0 Å². The Morgan fingerprint density at radius 2 is 1.71 bits per heavy atom. The number of rotatable bonds is 8. The molecule has 4 bridgehead atoms. The second-order valence-corrected chi connectivity index (χ2v) is 8.15. The molecular weight excluding hydrogens is 332 g/mol. The Labute approximate surface area is 136 Å². The zero-order valence-electron chi connectivity index (χ0n) is 12.8. The summed E-state index contributed by atoms with van der Waals surface area (Å²) < 4.78 is 10.4. The van der Waals surface area contributed by atoms with Crippen molar-refractivity contribution in [3.8, 4) is 0 Å². The minimum absolute atomic E-state index is 0.469. The average molecular weight is 359 g/mol. The van der Waals surface area contributed by atoms with Crippen LogP contribution in [0.2, 0.25) is 0 Å². The Hall–Kier alpha value is -0.250. The lowest BCUT2D eigenvalue weighted by Crippen LogP contribution is -2.25. The number of carbonyl (C=O) groups is 1. The molecule has 0 heterocycles. The minimum Gasteiger partial charge on any atom is -0.434 e. The van der Waals surface area contributed by atoms with Crippen LogP contribution in [0, 0.1) is 23.2 Å². The second-order valence-electron chi connectivity index (χ2n) is 7.35. The molecule has 3 nitrogen and oxygen atoms in total. The Bertz CT molecular complexity index is 357. The van der Waals surface area contributed by atoms with Gasteiger partial charge >= 0.3 is 6.16 Å². The Morgan fingerprint density at radius 3 is 2.43 bits per heavy atom. The van der Waals surface area contributed by atoms with Crippen LogP contribution in [-0.2, 0) is 9.47 Å². The molecule has 0 aromatic heterocycles. The summed E-state index contributed by atoms with van der Waals surface area (Å²) in [6, 6.07) is 0. The van der Waals surface area contributed by atoms with Crippen molar-refractivity contribution in [2.75, 3.05) is 18.5 Å². The van der Waals surface area contributed by atoms with Crippen molar-refractivity contribution >= 4 is 22.1 Å². The summed E-state index contributed by atoms with van der Waals surface area (Å²) in [6.07, 6.45) is 10.9. The van der Waals surface area contributed by atoms with Gasteiger partial charge in [-0.3, -0.25) is 0 Å². The fourth-order valence-corrected chi connectivity index (χ4v) is 5.68. The number of carbonyl (C=O) groups excluding carboxylic acids is 1. The van der Waals surface area contributed by atoms with Crippen LogP contribution in [0.5, 0.6) is 0 Å². The van der Waals surface area contributed by atoms with E-state index in [0.29, 0.717) is 18.6 Å². The number of alkyl halides is 1. The quantitative estimate of drug-likeness (QED) is 0.351. The maximum atomic E-state index is 11.6. The highest BCUT2D eigenvalue weighted by atomic mass is 79.9. The summed E-state index contributed by atoms with van der Waals surface area (Å²) in [7, 11) is 0. The van der Waals surface area contributed by atoms with Crippen LogP contribution >= 0.6 is 15.9 Å².